The molecule has 16 heteroatoms. The van der Waals surface area contributed by atoms with Gasteiger partial charge in [-0.15, -0.1) is 0 Å². The number of hydrogen-bond acceptors (Lipinski definition) is 10. The molecule has 2 aromatic rings. The molecule has 2 saturated heterocycles. The number of ether oxygens (including phenoxy) is 2. The van der Waals surface area contributed by atoms with E-state index in [2.05, 4.69) is 67.7 Å². The van der Waals surface area contributed by atoms with Crippen molar-refractivity contribution >= 4 is 35.4 Å². The zero-order chi connectivity index (χ0) is 48.7. The molecule has 2 fully saturated rings. The van der Waals surface area contributed by atoms with Crippen molar-refractivity contribution in [3.63, 3.8) is 0 Å². The number of carbonyl (C=O) groups excluding carboxylic acids is 6. The summed E-state index contributed by atoms with van der Waals surface area (Å²) in [5, 5.41) is 17.9. The van der Waals surface area contributed by atoms with Crippen LogP contribution in [0.15, 0.2) is 48.5 Å². The normalized spacial score (nSPS) is 22.2. The number of rotatable bonds is 18. The van der Waals surface area contributed by atoms with Crippen LogP contribution in [0.4, 0.5) is 0 Å². The number of likely N-dealkylation sites (N-methyl/N-ethyl adjacent to an activating group) is 2. The number of fused-ring (bicyclic) bond motifs is 2. The fraction of sp³-hybridized carbons (Fsp3) is 0.577. The van der Waals surface area contributed by atoms with Crippen LogP contribution >= 0.6 is 0 Å². The van der Waals surface area contributed by atoms with Crippen LogP contribution in [0.25, 0.3) is 0 Å². The van der Waals surface area contributed by atoms with Crippen LogP contribution in [-0.4, -0.2) is 134 Å². The molecule has 6 rings (SSSR count). The van der Waals surface area contributed by atoms with Gasteiger partial charge in [0.15, 0.2) is 0 Å². The van der Waals surface area contributed by atoms with Gasteiger partial charge >= 0.3 is 0 Å². The molecule has 2 aliphatic carbocycles. The van der Waals surface area contributed by atoms with Crippen LogP contribution in [0.1, 0.15) is 113 Å². The van der Waals surface area contributed by atoms with Crippen LogP contribution in [0.5, 0.6) is 0 Å². The Bertz CT molecular complexity index is 2090. The summed E-state index contributed by atoms with van der Waals surface area (Å²) in [5.41, 5.74) is 4.67. The highest BCUT2D eigenvalue weighted by Crippen LogP contribution is 2.32. The van der Waals surface area contributed by atoms with E-state index < -0.39 is 72.1 Å². The topological polar surface area (TPSA) is 200 Å². The molecule has 0 spiro atoms. The molecule has 2 aliphatic heterocycles. The van der Waals surface area contributed by atoms with Crippen molar-refractivity contribution in [3.8, 4) is 23.7 Å². The molecule has 6 N–H and O–H groups in total. The zero-order valence-electron chi connectivity index (χ0n) is 40.5. The van der Waals surface area contributed by atoms with Gasteiger partial charge in [0.25, 0.3) is 0 Å². The van der Waals surface area contributed by atoms with Gasteiger partial charge in [-0.25, -0.2) is 0 Å². The maximum Gasteiger partial charge on any atom is 0.248 e. The number of carbonyl (C=O) groups is 6. The largest absolute Gasteiger partial charge is 0.363 e. The van der Waals surface area contributed by atoms with E-state index >= 15 is 0 Å². The molecule has 0 aromatic heterocycles. The fourth-order valence-electron chi connectivity index (χ4n) is 9.58. The molecule has 4 aliphatic rings. The first-order valence-electron chi connectivity index (χ1n) is 24.3. The van der Waals surface area contributed by atoms with E-state index in [1.54, 1.807) is 51.6 Å². The Labute approximate surface area is 401 Å². The second-order valence-corrected chi connectivity index (χ2v) is 18.3. The van der Waals surface area contributed by atoms with Crippen molar-refractivity contribution in [3.05, 3.63) is 70.8 Å². The fourth-order valence-corrected chi connectivity index (χ4v) is 9.58. The number of amides is 6. The highest BCUT2D eigenvalue weighted by molar-refractivity contribution is 5.95. The molecule has 0 radical (unpaired) electrons. The summed E-state index contributed by atoms with van der Waals surface area (Å²) in [7, 11) is 3.30. The minimum absolute atomic E-state index is 0.108. The minimum Gasteiger partial charge on any atom is -0.363 e. The summed E-state index contributed by atoms with van der Waals surface area (Å²) in [6.07, 6.45) is 6.21. The van der Waals surface area contributed by atoms with E-state index in [-0.39, 0.29) is 37.1 Å². The molecule has 0 saturated carbocycles. The second kappa shape index (κ2) is 25.0. The number of benzene rings is 2. The van der Waals surface area contributed by atoms with Gasteiger partial charge in [0.2, 0.25) is 35.4 Å². The lowest BCUT2D eigenvalue weighted by Crippen LogP contribution is -2.59. The van der Waals surface area contributed by atoms with Crippen molar-refractivity contribution in [2.24, 2.45) is 0 Å². The van der Waals surface area contributed by atoms with Gasteiger partial charge in [-0.3, -0.25) is 28.8 Å². The molecule has 6 amide bonds. The third kappa shape index (κ3) is 13.0. The van der Waals surface area contributed by atoms with Crippen LogP contribution in [0, 0.1) is 23.7 Å². The highest BCUT2D eigenvalue weighted by Gasteiger charge is 2.43. The second-order valence-electron chi connectivity index (χ2n) is 18.3. The van der Waals surface area contributed by atoms with Crippen molar-refractivity contribution in [1.82, 2.24) is 41.7 Å². The van der Waals surface area contributed by atoms with Crippen LogP contribution in [-0.2, 0) is 51.1 Å². The maximum atomic E-state index is 14.2. The monoisotopic (exact) mass is 935 g/mol. The smallest absolute Gasteiger partial charge is 0.248 e. The standard InChI is InChI=1S/C52H70N8O8/c1-33(53-5)47(61)57-45(51(65)59-29-17-27-43(59)49(63)55-41-25-15-21-37-19-9-11-23-39(37)41)35(3)67-31-13-7-8-14-32-68-36(4)46(58-48(62)34(2)54-6)52(66)60-30-18-28-44(60)50(64)56-42-26-16-22-38-20-10-12-24-40(38)42/h9-12,19-20,23-24,33-36,41-46,53-54H,15-18,21-22,25-32H2,1-6H3,(H,55,63)(H,56,64)(H,57,61)(H,58,62)/t33-,34-,35+,36?,41?,42?,43?,44-,45-,46-/m0/s1. The lowest BCUT2D eigenvalue weighted by atomic mass is 9.87. The van der Waals surface area contributed by atoms with Gasteiger partial charge in [-0.2, -0.15) is 0 Å². The summed E-state index contributed by atoms with van der Waals surface area (Å²) in [6, 6.07) is 11.3. The summed E-state index contributed by atoms with van der Waals surface area (Å²) in [6.45, 7) is 7.26. The molecule has 10 atom stereocenters. The first-order valence-corrected chi connectivity index (χ1v) is 24.3. The predicted octanol–water partition coefficient (Wildman–Crippen LogP) is 2.36. The Hall–Kier alpha value is -5.78. The highest BCUT2D eigenvalue weighted by atomic mass is 16.5. The lowest BCUT2D eigenvalue weighted by Gasteiger charge is -2.33. The first-order chi connectivity index (χ1) is 32.8. The van der Waals surface area contributed by atoms with Crippen molar-refractivity contribution in [2.45, 2.75) is 152 Å². The maximum absolute atomic E-state index is 14.2. The zero-order valence-corrected chi connectivity index (χ0v) is 40.5. The average molecular weight is 935 g/mol. The van der Waals surface area contributed by atoms with E-state index in [0.29, 0.717) is 38.8 Å². The molecule has 0 bridgehead atoms. The van der Waals surface area contributed by atoms with Gasteiger partial charge in [0.05, 0.1) is 36.4 Å². The molecule has 2 heterocycles. The van der Waals surface area contributed by atoms with Crippen LogP contribution in [0.3, 0.4) is 0 Å². The number of nitrogens with one attached hydrogen (secondary N) is 6. The van der Waals surface area contributed by atoms with E-state index in [0.717, 1.165) is 49.7 Å². The van der Waals surface area contributed by atoms with Crippen LogP contribution < -0.4 is 31.9 Å². The van der Waals surface area contributed by atoms with Crippen molar-refractivity contribution in [2.75, 3.05) is 40.4 Å². The molecular weight excluding hydrogens is 865 g/mol. The van der Waals surface area contributed by atoms with Gasteiger partial charge in [-0.05, 0) is 140 Å². The summed E-state index contributed by atoms with van der Waals surface area (Å²) >= 11 is 0. The lowest BCUT2D eigenvalue weighted by molar-refractivity contribution is -0.145. The van der Waals surface area contributed by atoms with Gasteiger partial charge in [-0.1, -0.05) is 60.4 Å². The predicted molar refractivity (Wildman–Crippen MR) is 257 cm³/mol. The summed E-state index contributed by atoms with van der Waals surface area (Å²) < 4.78 is 12.0. The van der Waals surface area contributed by atoms with E-state index in [1.165, 1.54) is 11.1 Å². The Balaban J connectivity index is 1.04. The molecule has 2 aromatic carbocycles. The number of nitrogens with zero attached hydrogens (tertiary/aromatic N) is 2. The summed E-state index contributed by atoms with van der Waals surface area (Å²) in [4.78, 5) is 85.3. The minimum atomic E-state index is -1.09. The van der Waals surface area contributed by atoms with E-state index in [9.17, 15) is 28.8 Å². The third-order valence-electron chi connectivity index (χ3n) is 13.8. The van der Waals surface area contributed by atoms with Crippen LogP contribution in [0.2, 0.25) is 0 Å². The molecule has 366 valence electrons. The molecule has 68 heavy (non-hydrogen) atoms. The Morgan fingerprint density at radius 1 is 0.588 bits per heavy atom. The van der Waals surface area contributed by atoms with Crippen molar-refractivity contribution < 1.29 is 38.2 Å². The Kier molecular flexibility index (Phi) is 19.0. The van der Waals surface area contributed by atoms with E-state index in [1.807, 2.05) is 36.4 Å². The Morgan fingerprint density at radius 2 is 0.985 bits per heavy atom. The average Bonchev–Trinajstić information content (AvgIpc) is 4.06. The van der Waals surface area contributed by atoms with Gasteiger partial charge in [0.1, 0.15) is 37.4 Å². The third-order valence-corrected chi connectivity index (χ3v) is 13.8. The molecule has 16 nitrogen and oxygen atoms in total. The summed E-state index contributed by atoms with van der Waals surface area (Å²) in [5.74, 6) is 9.10. The molecule has 4 unspecified atom stereocenters. The van der Waals surface area contributed by atoms with Gasteiger partial charge in [0, 0.05) is 13.1 Å². The number of likely N-dealkylation sites (tertiary alicyclic amines) is 2. The Morgan fingerprint density at radius 3 is 1.38 bits per heavy atom. The first kappa shape index (κ1) is 51.6. The molecular formula is C52H70N8O8. The van der Waals surface area contributed by atoms with E-state index in [4.69, 9.17) is 9.47 Å². The number of aryl methyl sites for hydroxylation is 2. The van der Waals surface area contributed by atoms with Gasteiger partial charge < -0.3 is 51.2 Å². The quantitative estimate of drug-likeness (QED) is 0.121. The SMILES string of the molecule is CN[C@@H](C)C(=O)N[C@H](C(=O)N1CCC[C@H]1C(=O)NC1CCCc2ccccc21)C(C)OCC#CC#CCO[C@H](C)[C@H](NC(=O)[C@H](C)NC)C(=O)N1CCCC1C(=O)NC1CCCc2ccccc21. The number of hydrogen-bond donors (Lipinski definition) is 6. The van der Waals surface area contributed by atoms with Crippen molar-refractivity contribution in [1.29, 1.82) is 0 Å².